The van der Waals surface area contributed by atoms with E-state index >= 15 is 0 Å². The van der Waals surface area contributed by atoms with Crippen molar-refractivity contribution in [3.63, 3.8) is 0 Å². The fourth-order valence-corrected chi connectivity index (χ4v) is 3.44. The molecular formula is C17H12ClN3O2S. The van der Waals surface area contributed by atoms with E-state index in [1.807, 2.05) is 46.3 Å². The van der Waals surface area contributed by atoms with Crippen molar-refractivity contribution in [3.05, 3.63) is 64.6 Å². The Morgan fingerprint density at radius 2 is 2.29 bits per heavy atom. The van der Waals surface area contributed by atoms with Crippen LogP contribution in [0.15, 0.2) is 52.4 Å². The monoisotopic (exact) mass is 357 g/mol. The van der Waals surface area contributed by atoms with Gasteiger partial charge in [0.05, 0.1) is 12.2 Å². The normalized spacial score (nSPS) is 11.7. The molecule has 7 heteroatoms. The van der Waals surface area contributed by atoms with Crippen LogP contribution in [0.3, 0.4) is 0 Å². The van der Waals surface area contributed by atoms with Gasteiger partial charge in [0.15, 0.2) is 10.1 Å². The van der Waals surface area contributed by atoms with Gasteiger partial charge >= 0.3 is 0 Å². The highest BCUT2D eigenvalue weighted by Crippen LogP contribution is 2.22. The molecule has 0 aliphatic carbocycles. The number of furan rings is 1. The van der Waals surface area contributed by atoms with Crippen LogP contribution in [0, 0.1) is 0 Å². The van der Waals surface area contributed by atoms with Crippen molar-refractivity contribution in [2.45, 2.75) is 6.54 Å². The number of carbonyl (C=O) groups is 1. The summed E-state index contributed by atoms with van der Waals surface area (Å²) in [5.41, 5.74) is 1.50. The van der Waals surface area contributed by atoms with Gasteiger partial charge in [-0.25, -0.2) is 4.98 Å². The number of thiazole rings is 1. The number of para-hydroxylation sites is 1. The van der Waals surface area contributed by atoms with Crippen LogP contribution in [-0.4, -0.2) is 15.3 Å². The van der Waals surface area contributed by atoms with E-state index in [0.717, 1.165) is 15.9 Å². The molecule has 1 amide bonds. The third-order valence-electron chi connectivity index (χ3n) is 3.56. The molecule has 0 bridgehead atoms. The van der Waals surface area contributed by atoms with E-state index in [0.29, 0.717) is 23.2 Å². The second-order valence-corrected chi connectivity index (χ2v) is 6.38. The number of nitrogens with one attached hydrogen (secondary N) is 1. The highest BCUT2D eigenvalue weighted by molar-refractivity contribution is 7.15. The number of nitrogens with zero attached hydrogens (tertiary/aromatic N) is 2. The van der Waals surface area contributed by atoms with E-state index in [1.54, 1.807) is 6.08 Å². The van der Waals surface area contributed by atoms with Gasteiger partial charge in [-0.2, -0.15) is 0 Å². The van der Waals surface area contributed by atoms with Gasteiger partial charge in [-0.3, -0.25) is 9.20 Å². The summed E-state index contributed by atoms with van der Waals surface area (Å²) in [6.45, 7) is 0.325. The second kappa shape index (κ2) is 6.14. The summed E-state index contributed by atoms with van der Waals surface area (Å²) in [4.78, 5) is 17.0. The summed E-state index contributed by atoms with van der Waals surface area (Å²) in [5.74, 6) is 0.484. The topological polar surface area (TPSA) is 59.5 Å². The van der Waals surface area contributed by atoms with Crippen molar-refractivity contribution >= 4 is 50.9 Å². The molecule has 0 saturated carbocycles. The Bertz CT molecular complexity index is 1030. The molecule has 0 aliphatic rings. The average molecular weight is 358 g/mol. The fourth-order valence-electron chi connectivity index (χ4n) is 2.44. The molecular weight excluding hydrogens is 346 g/mol. The van der Waals surface area contributed by atoms with Crippen LogP contribution in [0.1, 0.15) is 11.5 Å². The molecule has 4 rings (SSSR count). The van der Waals surface area contributed by atoms with Gasteiger partial charge in [-0.15, -0.1) is 11.3 Å². The lowest BCUT2D eigenvalue weighted by Crippen LogP contribution is -2.19. The van der Waals surface area contributed by atoms with Gasteiger partial charge in [0, 0.05) is 23.0 Å². The van der Waals surface area contributed by atoms with Crippen LogP contribution in [0.5, 0.6) is 0 Å². The number of aromatic nitrogens is 2. The van der Waals surface area contributed by atoms with Crippen LogP contribution in [0.25, 0.3) is 22.0 Å². The zero-order valence-electron chi connectivity index (χ0n) is 12.4. The van der Waals surface area contributed by atoms with Gasteiger partial charge in [0.2, 0.25) is 5.91 Å². The number of benzene rings is 1. The number of rotatable bonds is 4. The van der Waals surface area contributed by atoms with Crippen LogP contribution < -0.4 is 5.32 Å². The summed E-state index contributed by atoms with van der Waals surface area (Å²) < 4.78 is 7.51. The van der Waals surface area contributed by atoms with Gasteiger partial charge in [-0.05, 0) is 18.2 Å². The lowest BCUT2D eigenvalue weighted by Gasteiger charge is -1.98. The largest absolute Gasteiger partial charge is 0.459 e. The van der Waals surface area contributed by atoms with E-state index < -0.39 is 0 Å². The van der Waals surface area contributed by atoms with Crippen LogP contribution in [0.2, 0.25) is 5.15 Å². The Labute approximate surface area is 146 Å². The number of halogens is 1. The minimum Gasteiger partial charge on any atom is -0.459 e. The summed E-state index contributed by atoms with van der Waals surface area (Å²) in [6.07, 6.45) is 4.96. The molecule has 1 aromatic carbocycles. The van der Waals surface area contributed by atoms with Crippen molar-refractivity contribution in [1.29, 1.82) is 0 Å². The second-order valence-electron chi connectivity index (χ2n) is 5.15. The maximum absolute atomic E-state index is 12.0. The number of carbonyl (C=O) groups excluding carboxylic acids is 1. The molecule has 0 spiro atoms. The first kappa shape index (κ1) is 15.0. The fraction of sp³-hybridized carbons (Fsp3) is 0.0588. The van der Waals surface area contributed by atoms with E-state index in [-0.39, 0.29) is 5.91 Å². The van der Waals surface area contributed by atoms with Crippen molar-refractivity contribution in [3.8, 4) is 0 Å². The third kappa shape index (κ3) is 2.81. The minimum atomic E-state index is -0.225. The van der Waals surface area contributed by atoms with Gasteiger partial charge in [-0.1, -0.05) is 29.8 Å². The first-order valence-corrected chi connectivity index (χ1v) is 8.51. The number of fused-ring (bicyclic) bond motifs is 2. The van der Waals surface area contributed by atoms with Crippen LogP contribution in [0.4, 0.5) is 0 Å². The van der Waals surface area contributed by atoms with Crippen molar-refractivity contribution < 1.29 is 9.21 Å². The van der Waals surface area contributed by atoms with Crippen molar-refractivity contribution in [1.82, 2.24) is 14.7 Å². The van der Waals surface area contributed by atoms with Gasteiger partial charge in [0.25, 0.3) is 0 Å². The molecule has 0 radical (unpaired) electrons. The highest BCUT2D eigenvalue weighted by atomic mass is 35.5. The molecule has 0 atom stereocenters. The Morgan fingerprint density at radius 1 is 1.42 bits per heavy atom. The van der Waals surface area contributed by atoms with Gasteiger partial charge < -0.3 is 9.73 Å². The molecule has 0 unspecified atom stereocenters. The zero-order valence-corrected chi connectivity index (χ0v) is 14.0. The summed E-state index contributed by atoms with van der Waals surface area (Å²) in [7, 11) is 0. The van der Waals surface area contributed by atoms with E-state index in [1.165, 1.54) is 17.4 Å². The first-order chi connectivity index (χ1) is 11.7. The average Bonchev–Trinajstić information content (AvgIpc) is 3.25. The van der Waals surface area contributed by atoms with E-state index in [2.05, 4.69) is 10.3 Å². The number of hydrogen-bond acceptors (Lipinski definition) is 4. The lowest BCUT2D eigenvalue weighted by atomic mass is 10.2. The zero-order chi connectivity index (χ0) is 16.5. The van der Waals surface area contributed by atoms with Gasteiger partial charge in [0.1, 0.15) is 11.3 Å². The molecule has 0 aliphatic heterocycles. The third-order valence-corrected chi connectivity index (χ3v) is 4.59. The number of imidazole rings is 1. The maximum atomic E-state index is 12.0. The molecule has 24 heavy (non-hydrogen) atoms. The van der Waals surface area contributed by atoms with E-state index in [9.17, 15) is 4.79 Å². The predicted molar refractivity (Wildman–Crippen MR) is 95.2 cm³/mol. The molecule has 3 heterocycles. The Kier molecular flexibility index (Phi) is 3.84. The molecule has 0 fully saturated rings. The van der Waals surface area contributed by atoms with Crippen LogP contribution >= 0.6 is 22.9 Å². The molecule has 4 aromatic rings. The number of hydrogen-bond donors (Lipinski definition) is 1. The lowest BCUT2D eigenvalue weighted by molar-refractivity contribution is -0.116. The van der Waals surface area contributed by atoms with E-state index in [4.69, 9.17) is 16.0 Å². The summed E-state index contributed by atoms with van der Waals surface area (Å²) in [6, 6.07) is 9.65. The Balaban J connectivity index is 1.44. The molecule has 0 saturated heterocycles. The molecule has 1 N–H and O–H groups in total. The highest BCUT2D eigenvalue weighted by Gasteiger charge is 2.09. The standard InChI is InChI=1S/C17H12ClN3O2S/c18-16-13(21-7-8-24-17(21)20-16)5-6-15(22)19-10-12-9-11-3-1-2-4-14(11)23-12/h1-9H,10H2,(H,19,22)/b6-5+. The molecule has 5 nitrogen and oxygen atoms in total. The number of amides is 1. The predicted octanol–water partition coefficient (Wildman–Crippen LogP) is 4.13. The maximum Gasteiger partial charge on any atom is 0.244 e. The first-order valence-electron chi connectivity index (χ1n) is 7.25. The summed E-state index contributed by atoms with van der Waals surface area (Å²) in [5, 5.41) is 6.10. The van der Waals surface area contributed by atoms with Crippen molar-refractivity contribution in [2.24, 2.45) is 0 Å². The van der Waals surface area contributed by atoms with Crippen LogP contribution in [-0.2, 0) is 11.3 Å². The Morgan fingerprint density at radius 3 is 3.17 bits per heavy atom. The quantitative estimate of drug-likeness (QED) is 0.559. The van der Waals surface area contributed by atoms with Crippen molar-refractivity contribution in [2.75, 3.05) is 0 Å². The molecule has 120 valence electrons. The molecule has 3 aromatic heterocycles. The smallest absolute Gasteiger partial charge is 0.244 e. The summed E-state index contributed by atoms with van der Waals surface area (Å²) >= 11 is 7.57. The Hall–Kier alpha value is -2.57. The minimum absolute atomic E-state index is 0.225. The SMILES string of the molecule is O=C(/C=C/c1c(Cl)nc2sccn12)NCc1cc2ccccc2o1.